The van der Waals surface area contributed by atoms with E-state index in [9.17, 15) is 20.2 Å². The highest BCUT2D eigenvalue weighted by atomic mass is 79.9. The number of ketones is 1. The minimum absolute atomic E-state index is 0.00447. The highest BCUT2D eigenvalue weighted by molar-refractivity contribution is 9.10. The summed E-state index contributed by atoms with van der Waals surface area (Å²) in [7, 11) is 1.60. The maximum Gasteiger partial charge on any atom is 0.269 e. The molecule has 0 aromatic heterocycles. The molecule has 2 aromatic rings. The highest BCUT2D eigenvalue weighted by Gasteiger charge is 2.44. The molecule has 2 aliphatic rings. The van der Waals surface area contributed by atoms with Crippen molar-refractivity contribution in [2.24, 2.45) is 11.1 Å². The molecule has 0 unspecified atom stereocenters. The van der Waals surface area contributed by atoms with Crippen LogP contribution in [0.1, 0.15) is 43.7 Å². The van der Waals surface area contributed by atoms with Crippen molar-refractivity contribution in [3.05, 3.63) is 90.8 Å². The van der Waals surface area contributed by atoms with E-state index in [-0.39, 0.29) is 23.5 Å². The van der Waals surface area contributed by atoms with Crippen molar-refractivity contribution < 1.29 is 19.2 Å². The molecule has 0 saturated carbocycles. The van der Waals surface area contributed by atoms with Crippen molar-refractivity contribution in [2.45, 2.75) is 39.2 Å². The molecule has 2 N–H and O–H groups in total. The number of carbonyl (C=O) groups excluding carboxylic acids is 1. The number of ether oxygens (including phenoxy) is 2. The van der Waals surface area contributed by atoms with Gasteiger partial charge in [0.2, 0.25) is 0 Å². The molecule has 1 aliphatic heterocycles. The van der Waals surface area contributed by atoms with Crippen molar-refractivity contribution in [3.63, 3.8) is 0 Å². The van der Waals surface area contributed by atoms with Gasteiger partial charge in [-0.2, -0.15) is 5.26 Å². The molecule has 0 bridgehead atoms. The first-order chi connectivity index (χ1) is 18.1. The minimum atomic E-state index is -0.598. The highest BCUT2D eigenvalue weighted by Crippen LogP contribution is 2.49. The summed E-state index contributed by atoms with van der Waals surface area (Å²) in [5.74, 6) is 0.269. The Labute approximate surface area is 229 Å². The fourth-order valence-electron chi connectivity index (χ4n) is 5.08. The van der Waals surface area contributed by atoms with E-state index in [0.717, 1.165) is 11.3 Å². The number of methoxy groups -OCH3 is 1. The predicted octanol–water partition coefficient (Wildman–Crippen LogP) is 5.32. The summed E-state index contributed by atoms with van der Waals surface area (Å²) in [5.41, 5.74) is 9.48. The lowest BCUT2D eigenvalue weighted by molar-refractivity contribution is -0.384. The molecule has 1 atom stereocenters. The van der Waals surface area contributed by atoms with Crippen molar-refractivity contribution in [1.82, 2.24) is 4.90 Å². The van der Waals surface area contributed by atoms with Crippen LogP contribution in [0.5, 0.6) is 5.75 Å². The second kappa shape index (κ2) is 11.0. The third-order valence-corrected chi connectivity index (χ3v) is 7.43. The number of hydrogen-bond acceptors (Lipinski definition) is 8. The lowest BCUT2D eigenvalue weighted by Crippen LogP contribution is -2.43. The summed E-state index contributed by atoms with van der Waals surface area (Å²) in [6, 6.07) is 13.9. The van der Waals surface area contributed by atoms with E-state index >= 15 is 0 Å². The van der Waals surface area contributed by atoms with Gasteiger partial charge < -0.3 is 20.1 Å². The smallest absolute Gasteiger partial charge is 0.269 e. The summed E-state index contributed by atoms with van der Waals surface area (Å²) in [5, 5.41) is 21.2. The average molecular weight is 581 g/mol. The van der Waals surface area contributed by atoms with E-state index < -0.39 is 10.8 Å². The normalized spacial score (nSPS) is 18.8. The number of benzene rings is 2. The molecule has 1 aliphatic carbocycles. The Morgan fingerprint density at radius 2 is 2.03 bits per heavy atom. The molecule has 4 rings (SSSR count). The zero-order valence-electron chi connectivity index (χ0n) is 21.5. The van der Waals surface area contributed by atoms with Gasteiger partial charge in [-0.25, -0.2) is 0 Å². The fourth-order valence-corrected chi connectivity index (χ4v) is 5.59. The number of nitro groups is 1. The number of hydrogen-bond donors (Lipinski definition) is 1. The molecule has 2 aromatic carbocycles. The monoisotopic (exact) mass is 580 g/mol. The Bertz CT molecular complexity index is 1390. The lowest BCUT2D eigenvalue weighted by Gasteiger charge is -2.43. The van der Waals surface area contributed by atoms with Crippen molar-refractivity contribution in [2.75, 3.05) is 20.3 Å². The first kappa shape index (κ1) is 27.4. The first-order valence-electron chi connectivity index (χ1n) is 12.1. The summed E-state index contributed by atoms with van der Waals surface area (Å²) in [6.07, 6.45) is 1.03. The number of allylic oxidation sites excluding steroid dienone is 3. The molecule has 0 spiro atoms. The van der Waals surface area contributed by atoms with Crippen LogP contribution in [0.15, 0.2) is 69.6 Å². The van der Waals surface area contributed by atoms with Gasteiger partial charge in [-0.15, -0.1) is 0 Å². The van der Waals surface area contributed by atoms with Crippen LogP contribution in [-0.4, -0.2) is 35.9 Å². The first-order valence-corrected chi connectivity index (χ1v) is 12.9. The van der Waals surface area contributed by atoms with Crippen LogP contribution in [0.2, 0.25) is 0 Å². The zero-order chi connectivity index (χ0) is 27.6. The van der Waals surface area contributed by atoms with Gasteiger partial charge in [-0.1, -0.05) is 32.0 Å². The summed E-state index contributed by atoms with van der Waals surface area (Å²) >= 11 is 3.56. The van der Waals surface area contributed by atoms with Crippen molar-refractivity contribution in [1.29, 1.82) is 5.26 Å². The topological polar surface area (TPSA) is 132 Å². The van der Waals surface area contributed by atoms with Gasteiger partial charge in [0.05, 0.1) is 33.6 Å². The summed E-state index contributed by atoms with van der Waals surface area (Å²) in [6.45, 7) is 5.09. The van der Waals surface area contributed by atoms with E-state index in [4.69, 9.17) is 15.2 Å². The van der Waals surface area contributed by atoms with Gasteiger partial charge in [0.15, 0.2) is 5.78 Å². The number of rotatable bonds is 8. The number of nitriles is 1. The van der Waals surface area contributed by atoms with Gasteiger partial charge in [0.1, 0.15) is 18.2 Å². The van der Waals surface area contributed by atoms with Crippen LogP contribution in [-0.2, 0) is 16.1 Å². The van der Waals surface area contributed by atoms with Crippen LogP contribution >= 0.6 is 15.9 Å². The quantitative estimate of drug-likeness (QED) is 0.327. The van der Waals surface area contributed by atoms with Gasteiger partial charge in [0, 0.05) is 43.5 Å². The molecular formula is C28H29BrN4O5. The zero-order valence-corrected chi connectivity index (χ0v) is 23.1. The van der Waals surface area contributed by atoms with Crippen LogP contribution in [0.3, 0.4) is 0 Å². The summed E-state index contributed by atoms with van der Waals surface area (Å²) < 4.78 is 11.8. The molecule has 10 heteroatoms. The number of non-ortho nitro benzene ring substituents is 1. The number of nitrogens with zero attached hydrogens (tertiary/aromatic N) is 3. The number of nitro benzene ring substituents is 1. The molecule has 0 saturated heterocycles. The fraction of sp³-hybridized carbons (Fsp3) is 0.357. The number of nitrogens with two attached hydrogens (primary N) is 1. The standard InChI is InChI=1S/C28H29BrN4O5/c1-28(2)13-22-26(23(34)14-28)25(20(15-30)27(31)32(22)9-10-37-3)18-7-8-24(21(29)12-18)38-16-17-5-4-6-19(11-17)33(35)36/h4-8,11-12,25H,9-10,13-14,16,31H2,1-3H3/t25-/m0/s1. The molecule has 1 heterocycles. The second-order valence-electron chi connectivity index (χ2n) is 10.2. The molecule has 198 valence electrons. The maximum absolute atomic E-state index is 13.5. The molecule has 0 amide bonds. The van der Waals surface area contributed by atoms with E-state index in [0.29, 0.717) is 58.7 Å². The molecule has 9 nitrogen and oxygen atoms in total. The van der Waals surface area contributed by atoms with Crippen LogP contribution in [0.4, 0.5) is 5.69 Å². The third-order valence-electron chi connectivity index (χ3n) is 6.81. The number of carbonyl (C=O) groups is 1. The molecule has 0 fully saturated rings. The SMILES string of the molecule is COCCN1C(N)=C(C#N)[C@H](c2ccc(OCc3cccc([N+](=O)[O-])c3)c(Br)c2)C2=C1CC(C)(C)CC2=O. The Balaban J connectivity index is 1.69. The lowest BCUT2D eigenvalue weighted by atomic mass is 9.68. The van der Waals surface area contributed by atoms with Gasteiger partial charge in [-0.05, 0) is 51.0 Å². The van der Waals surface area contributed by atoms with Gasteiger partial charge in [-0.3, -0.25) is 14.9 Å². The minimum Gasteiger partial charge on any atom is -0.488 e. The Kier molecular flexibility index (Phi) is 7.90. The third kappa shape index (κ3) is 5.44. The molecule has 38 heavy (non-hydrogen) atoms. The Hall–Kier alpha value is -3.68. The van der Waals surface area contributed by atoms with Gasteiger partial charge >= 0.3 is 0 Å². The van der Waals surface area contributed by atoms with Crippen molar-refractivity contribution in [3.8, 4) is 11.8 Å². The van der Waals surface area contributed by atoms with Crippen molar-refractivity contribution >= 4 is 27.4 Å². The van der Waals surface area contributed by atoms with Crippen LogP contribution in [0.25, 0.3) is 0 Å². The van der Waals surface area contributed by atoms with Gasteiger partial charge in [0.25, 0.3) is 5.69 Å². The maximum atomic E-state index is 13.5. The average Bonchev–Trinajstić information content (AvgIpc) is 2.86. The predicted molar refractivity (Wildman–Crippen MR) is 145 cm³/mol. The van der Waals surface area contributed by atoms with E-state index in [1.54, 1.807) is 25.3 Å². The number of halogens is 1. The van der Waals surface area contributed by atoms with E-state index in [2.05, 4.69) is 35.8 Å². The Morgan fingerprint density at radius 1 is 1.26 bits per heavy atom. The number of Topliss-reactive ketones (excluding diaryl/α,β-unsaturated/α-hetero) is 1. The second-order valence-corrected chi connectivity index (χ2v) is 11.0. The van der Waals surface area contributed by atoms with E-state index in [1.165, 1.54) is 12.1 Å². The Morgan fingerprint density at radius 3 is 2.68 bits per heavy atom. The molecular weight excluding hydrogens is 552 g/mol. The van der Waals surface area contributed by atoms with Crippen LogP contribution < -0.4 is 10.5 Å². The van der Waals surface area contributed by atoms with Crippen LogP contribution in [0, 0.1) is 26.9 Å². The summed E-state index contributed by atoms with van der Waals surface area (Å²) in [4.78, 5) is 26.0. The largest absolute Gasteiger partial charge is 0.488 e. The molecule has 0 radical (unpaired) electrons. The van der Waals surface area contributed by atoms with E-state index in [1.807, 2.05) is 17.0 Å².